The zero-order chi connectivity index (χ0) is 13.9. The van der Waals surface area contributed by atoms with E-state index in [2.05, 4.69) is 37.9 Å². The summed E-state index contributed by atoms with van der Waals surface area (Å²) in [5, 5.41) is 0. The molecule has 3 rings (SSSR count). The first kappa shape index (κ1) is 14.7. The highest BCUT2D eigenvalue weighted by Gasteiger charge is 2.21. The largest absolute Gasteiger partial charge is 0.486 e. The van der Waals surface area contributed by atoms with Crippen LogP contribution in [-0.4, -0.2) is 25.9 Å². The Balaban J connectivity index is 1.68. The van der Waals surface area contributed by atoms with Gasteiger partial charge in [0.15, 0.2) is 11.5 Å². The van der Waals surface area contributed by atoms with Crippen LogP contribution in [-0.2, 0) is 4.74 Å². The van der Waals surface area contributed by atoms with Crippen molar-refractivity contribution in [1.82, 2.24) is 0 Å². The maximum atomic E-state index is 5.68. The van der Waals surface area contributed by atoms with E-state index in [9.17, 15) is 0 Å². The summed E-state index contributed by atoms with van der Waals surface area (Å²) in [5.41, 5.74) is 1.22. The lowest BCUT2D eigenvalue weighted by molar-refractivity contribution is 0.102. The van der Waals surface area contributed by atoms with Crippen LogP contribution in [0.1, 0.15) is 36.1 Å². The SMILES string of the molecule is Brc1cc2c(cc1C(Br)CCC1CCCO1)OCCO2. The maximum absolute atomic E-state index is 5.68. The van der Waals surface area contributed by atoms with Crippen LogP contribution in [0.4, 0.5) is 0 Å². The number of fused-ring (bicyclic) bond motifs is 1. The average molecular weight is 406 g/mol. The van der Waals surface area contributed by atoms with Crippen LogP contribution >= 0.6 is 31.9 Å². The Morgan fingerprint density at radius 1 is 1.15 bits per heavy atom. The van der Waals surface area contributed by atoms with Gasteiger partial charge in [-0.3, -0.25) is 0 Å². The van der Waals surface area contributed by atoms with Crippen molar-refractivity contribution in [1.29, 1.82) is 0 Å². The number of rotatable bonds is 4. The fraction of sp³-hybridized carbons (Fsp3) is 0.600. The van der Waals surface area contributed by atoms with Crippen LogP contribution in [0.2, 0.25) is 0 Å². The fourth-order valence-electron chi connectivity index (χ4n) is 2.68. The standard InChI is InChI=1S/C15H18Br2O3/c16-12(4-3-10-2-1-5-18-10)11-8-14-15(9-13(11)17)20-7-6-19-14/h8-10,12H,1-7H2. The van der Waals surface area contributed by atoms with Gasteiger partial charge in [0, 0.05) is 15.9 Å². The fourth-order valence-corrected chi connectivity index (χ4v) is 4.23. The Morgan fingerprint density at radius 3 is 2.60 bits per heavy atom. The van der Waals surface area contributed by atoms with Gasteiger partial charge in [0.25, 0.3) is 0 Å². The van der Waals surface area contributed by atoms with Crippen molar-refractivity contribution in [2.24, 2.45) is 0 Å². The molecule has 2 unspecified atom stereocenters. The van der Waals surface area contributed by atoms with Crippen molar-refractivity contribution in [3.8, 4) is 11.5 Å². The lowest BCUT2D eigenvalue weighted by Gasteiger charge is -2.22. The number of hydrogen-bond donors (Lipinski definition) is 0. The van der Waals surface area contributed by atoms with E-state index in [-0.39, 0.29) is 0 Å². The van der Waals surface area contributed by atoms with Crippen LogP contribution in [0.25, 0.3) is 0 Å². The van der Waals surface area contributed by atoms with Gasteiger partial charge < -0.3 is 14.2 Å². The second kappa shape index (κ2) is 6.67. The Morgan fingerprint density at radius 2 is 1.90 bits per heavy atom. The molecule has 3 nitrogen and oxygen atoms in total. The summed E-state index contributed by atoms with van der Waals surface area (Å²) in [5.74, 6) is 1.67. The molecule has 110 valence electrons. The van der Waals surface area contributed by atoms with Gasteiger partial charge in [-0.05, 0) is 43.4 Å². The summed E-state index contributed by atoms with van der Waals surface area (Å²) in [4.78, 5) is 0.303. The quantitative estimate of drug-likeness (QED) is 0.684. The first-order valence-corrected chi connectivity index (χ1v) is 8.79. The number of benzene rings is 1. The molecule has 1 aromatic rings. The van der Waals surface area contributed by atoms with Crippen molar-refractivity contribution in [3.63, 3.8) is 0 Å². The van der Waals surface area contributed by atoms with E-state index in [1.54, 1.807) is 0 Å². The second-order valence-corrected chi connectivity index (χ2v) is 7.16. The number of halogens is 2. The van der Waals surface area contributed by atoms with Gasteiger partial charge in [0.1, 0.15) is 13.2 Å². The van der Waals surface area contributed by atoms with Crippen LogP contribution in [0, 0.1) is 0 Å². The molecule has 1 aromatic carbocycles. The highest BCUT2D eigenvalue weighted by molar-refractivity contribution is 9.11. The van der Waals surface area contributed by atoms with Crippen molar-refractivity contribution in [2.75, 3.05) is 19.8 Å². The summed E-state index contributed by atoms with van der Waals surface area (Å²) >= 11 is 7.42. The van der Waals surface area contributed by atoms with Crippen LogP contribution in [0.5, 0.6) is 11.5 Å². The summed E-state index contributed by atoms with van der Waals surface area (Å²) in [6.07, 6.45) is 4.98. The van der Waals surface area contributed by atoms with E-state index >= 15 is 0 Å². The van der Waals surface area contributed by atoms with E-state index < -0.39 is 0 Å². The number of hydrogen-bond acceptors (Lipinski definition) is 3. The predicted molar refractivity (Wildman–Crippen MR) is 85.0 cm³/mol. The minimum Gasteiger partial charge on any atom is -0.486 e. The second-order valence-electron chi connectivity index (χ2n) is 5.20. The molecule has 5 heteroatoms. The highest BCUT2D eigenvalue weighted by Crippen LogP contribution is 2.42. The smallest absolute Gasteiger partial charge is 0.162 e. The summed E-state index contributed by atoms with van der Waals surface area (Å²) < 4.78 is 18.0. The van der Waals surface area contributed by atoms with Gasteiger partial charge >= 0.3 is 0 Å². The highest BCUT2D eigenvalue weighted by atomic mass is 79.9. The Kier molecular flexibility index (Phi) is 4.89. The van der Waals surface area contributed by atoms with Gasteiger partial charge in [-0.2, -0.15) is 0 Å². The summed E-state index contributed by atoms with van der Waals surface area (Å²) in [6.45, 7) is 2.16. The third-order valence-corrected chi connectivity index (χ3v) is 5.40. The zero-order valence-corrected chi connectivity index (χ0v) is 14.4. The monoisotopic (exact) mass is 404 g/mol. The van der Waals surface area contributed by atoms with Crippen LogP contribution in [0.3, 0.4) is 0 Å². The predicted octanol–water partition coefficient (Wildman–Crippen LogP) is 4.62. The third-order valence-electron chi connectivity index (χ3n) is 3.77. The van der Waals surface area contributed by atoms with Gasteiger partial charge in [0.05, 0.1) is 6.10 Å². The van der Waals surface area contributed by atoms with E-state index in [0.29, 0.717) is 24.1 Å². The Bertz CT molecular complexity index is 472. The van der Waals surface area contributed by atoms with Gasteiger partial charge in [-0.25, -0.2) is 0 Å². The molecule has 20 heavy (non-hydrogen) atoms. The summed E-state index contributed by atoms with van der Waals surface area (Å²) in [6, 6.07) is 4.08. The van der Waals surface area contributed by atoms with Gasteiger partial charge in [-0.1, -0.05) is 31.9 Å². The molecule has 1 saturated heterocycles. The first-order chi connectivity index (χ1) is 9.74. The maximum Gasteiger partial charge on any atom is 0.162 e. The molecule has 0 saturated carbocycles. The van der Waals surface area contributed by atoms with Crippen molar-refractivity contribution >= 4 is 31.9 Å². The van der Waals surface area contributed by atoms with Crippen molar-refractivity contribution in [3.05, 3.63) is 22.2 Å². The normalized spacial score (nSPS) is 22.8. The van der Waals surface area contributed by atoms with E-state index in [4.69, 9.17) is 14.2 Å². The molecule has 0 spiro atoms. The third kappa shape index (κ3) is 3.31. The molecule has 0 aromatic heterocycles. The number of alkyl halides is 1. The van der Waals surface area contributed by atoms with Crippen molar-refractivity contribution in [2.45, 2.75) is 36.6 Å². The first-order valence-electron chi connectivity index (χ1n) is 7.09. The lowest BCUT2D eigenvalue weighted by atomic mass is 10.0. The molecular weight excluding hydrogens is 388 g/mol. The molecule has 2 aliphatic rings. The minimum absolute atomic E-state index is 0.303. The van der Waals surface area contributed by atoms with Crippen molar-refractivity contribution < 1.29 is 14.2 Å². The molecule has 0 radical (unpaired) electrons. The molecule has 0 bridgehead atoms. The minimum atomic E-state index is 0.303. The molecule has 2 aliphatic heterocycles. The topological polar surface area (TPSA) is 27.7 Å². The lowest BCUT2D eigenvalue weighted by Crippen LogP contribution is -2.15. The average Bonchev–Trinajstić information content (AvgIpc) is 2.97. The number of ether oxygens (including phenoxy) is 3. The molecule has 0 amide bonds. The van der Waals surface area contributed by atoms with E-state index in [0.717, 1.165) is 35.4 Å². The van der Waals surface area contributed by atoms with Crippen LogP contribution < -0.4 is 9.47 Å². The van der Waals surface area contributed by atoms with E-state index in [1.807, 2.05) is 6.07 Å². The Labute approximate surface area is 136 Å². The molecule has 2 atom stereocenters. The van der Waals surface area contributed by atoms with Crippen LogP contribution in [0.15, 0.2) is 16.6 Å². The molecule has 0 N–H and O–H groups in total. The van der Waals surface area contributed by atoms with Gasteiger partial charge in [-0.15, -0.1) is 0 Å². The Hall–Kier alpha value is -0.260. The molecule has 2 heterocycles. The zero-order valence-electron chi connectivity index (χ0n) is 11.2. The van der Waals surface area contributed by atoms with Gasteiger partial charge in [0.2, 0.25) is 0 Å². The molecular formula is C15H18Br2O3. The molecule has 0 aliphatic carbocycles. The van der Waals surface area contributed by atoms with E-state index in [1.165, 1.54) is 18.4 Å². The summed E-state index contributed by atoms with van der Waals surface area (Å²) in [7, 11) is 0. The molecule has 1 fully saturated rings.